The van der Waals surface area contributed by atoms with Crippen molar-refractivity contribution in [1.29, 1.82) is 0 Å². The molecule has 1 aromatic heterocycles. The Balaban J connectivity index is 2.05. The summed E-state index contributed by atoms with van der Waals surface area (Å²) >= 11 is 0. The van der Waals surface area contributed by atoms with E-state index in [1.165, 1.54) is 0 Å². The van der Waals surface area contributed by atoms with Crippen molar-refractivity contribution in [2.45, 2.75) is 25.2 Å². The molecule has 1 saturated heterocycles. The van der Waals surface area contributed by atoms with Crippen LogP contribution < -0.4 is 11.4 Å². The monoisotopic (exact) mass is 309 g/mol. The molecule has 0 spiro atoms. The van der Waals surface area contributed by atoms with Gasteiger partial charge in [-0.2, -0.15) is 4.98 Å². The van der Waals surface area contributed by atoms with E-state index in [0.717, 1.165) is 10.8 Å². The Labute approximate surface area is 112 Å². The Morgan fingerprint density at radius 2 is 2.30 bits per heavy atom. The molecule has 20 heavy (non-hydrogen) atoms. The maximum absolute atomic E-state index is 13.3. The molecule has 0 radical (unpaired) electrons. The first-order valence-corrected chi connectivity index (χ1v) is 7.19. The zero-order valence-corrected chi connectivity index (χ0v) is 11.1. The summed E-state index contributed by atoms with van der Waals surface area (Å²) in [6.07, 6.45) is 0.292. The fourth-order valence-corrected chi connectivity index (χ4v) is 2.22. The first kappa shape index (κ1) is 15.1. The highest BCUT2D eigenvalue weighted by atomic mass is 31.2. The summed E-state index contributed by atoms with van der Waals surface area (Å²) in [5.74, 6) is -1.34. The Kier molecular flexibility index (Phi) is 4.21. The third-order valence-corrected chi connectivity index (χ3v) is 3.24. The predicted molar refractivity (Wildman–Crippen MR) is 64.0 cm³/mol. The summed E-state index contributed by atoms with van der Waals surface area (Å²) in [6.45, 7) is -0.319. The molecule has 1 aliphatic heterocycles. The molecule has 0 saturated carbocycles. The summed E-state index contributed by atoms with van der Waals surface area (Å²) in [5, 5.41) is 0. The van der Waals surface area contributed by atoms with Crippen molar-refractivity contribution in [3.63, 3.8) is 0 Å². The van der Waals surface area contributed by atoms with Crippen LogP contribution >= 0.6 is 7.82 Å². The minimum Gasteiger partial charge on any atom is -0.381 e. The number of nitrogens with two attached hydrogens (primary N) is 1. The minimum absolute atomic E-state index is 0.319. The molecule has 9 nitrogen and oxygen atoms in total. The molecule has 0 aromatic carbocycles. The van der Waals surface area contributed by atoms with Gasteiger partial charge in [-0.05, 0) is 12.8 Å². The molecule has 1 fully saturated rings. The second-order valence-corrected chi connectivity index (χ2v) is 5.48. The van der Waals surface area contributed by atoms with Crippen LogP contribution in [0, 0.1) is 5.82 Å². The molecule has 1 aliphatic rings. The van der Waals surface area contributed by atoms with Crippen LogP contribution in [0.25, 0.3) is 0 Å². The predicted octanol–water partition coefficient (Wildman–Crippen LogP) is -0.249. The summed E-state index contributed by atoms with van der Waals surface area (Å²) < 4.78 is 34.5. The number of halogens is 1. The average molecular weight is 309 g/mol. The standard InChI is InChI=1S/C9H13FN3O6P/c10-6-3-13(9(14)12-8(6)11)7-2-1-5(19-7)4-18-20(15,16)17/h3,5,7H,1-2,4H2,(H2,11,12,14)(H2,15,16,17). The van der Waals surface area contributed by atoms with Gasteiger partial charge in [-0.1, -0.05) is 0 Å². The van der Waals surface area contributed by atoms with Gasteiger partial charge in [-0.25, -0.2) is 13.8 Å². The van der Waals surface area contributed by atoms with Crippen molar-refractivity contribution >= 4 is 13.6 Å². The van der Waals surface area contributed by atoms with Crippen LogP contribution in [-0.4, -0.2) is 32.0 Å². The Morgan fingerprint density at radius 3 is 2.95 bits per heavy atom. The summed E-state index contributed by atoms with van der Waals surface area (Å²) in [4.78, 5) is 32.0. The molecule has 112 valence electrons. The van der Waals surface area contributed by atoms with Gasteiger partial charge >= 0.3 is 13.5 Å². The lowest BCUT2D eigenvalue weighted by molar-refractivity contribution is -0.0246. The third-order valence-electron chi connectivity index (χ3n) is 2.76. The van der Waals surface area contributed by atoms with Crippen molar-refractivity contribution in [3.8, 4) is 0 Å². The highest BCUT2D eigenvalue weighted by Crippen LogP contribution is 2.37. The summed E-state index contributed by atoms with van der Waals surface area (Å²) in [5.41, 5.74) is 4.41. The van der Waals surface area contributed by atoms with Crippen LogP contribution in [-0.2, 0) is 13.8 Å². The van der Waals surface area contributed by atoms with E-state index in [1.54, 1.807) is 0 Å². The topological polar surface area (TPSA) is 137 Å². The lowest BCUT2D eigenvalue weighted by Gasteiger charge is -2.16. The van der Waals surface area contributed by atoms with Gasteiger partial charge in [0.05, 0.1) is 18.9 Å². The lowest BCUT2D eigenvalue weighted by Crippen LogP contribution is -2.29. The van der Waals surface area contributed by atoms with Crippen LogP contribution in [0.5, 0.6) is 0 Å². The van der Waals surface area contributed by atoms with Gasteiger partial charge < -0.3 is 20.3 Å². The van der Waals surface area contributed by atoms with Gasteiger partial charge in [0.15, 0.2) is 11.6 Å². The van der Waals surface area contributed by atoms with Crippen LogP contribution in [0.1, 0.15) is 19.1 Å². The molecule has 2 heterocycles. The maximum atomic E-state index is 13.3. The van der Waals surface area contributed by atoms with E-state index in [-0.39, 0.29) is 6.61 Å². The average Bonchev–Trinajstić information content (AvgIpc) is 2.79. The van der Waals surface area contributed by atoms with Gasteiger partial charge in [-0.3, -0.25) is 9.09 Å². The molecular formula is C9H13FN3O6P. The van der Waals surface area contributed by atoms with Gasteiger partial charge in [0.2, 0.25) is 0 Å². The Hall–Kier alpha value is -1.32. The minimum atomic E-state index is -4.57. The van der Waals surface area contributed by atoms with Crippen molar-refractivity contribution in [2.75, 3.05) is 12.3 Å². The van der Waals surface area contributed by atoms with Crippen LogP contribution in [0.15, 0.2) is 11.0 Å². The van der Waals surface area contributed by atoms with Crippen molar-refractivity contribution < 1.29 is 28.0 Å². The van der Waals surface area contributed by atoms with E-state index in [4.69, 9.17) is 20.3 Å². The molecule has 0 bridgehead atoms. The molecule has 11 heteroatoms. The van der Waals surface area contributed by atoms with Crippen molar-refractivity contribution in [2.24, 2.45) is 0 Å². The summed E-state index contributed by atoms with van der Waals surface area (Å²) in [7, 11) is -4.57. The van der Waals surface area contributed by atoms with E-state index in [9.17, 15) is 13.8 Å². The lowest BCUT2D eigenvalue weighted by atomic mass is 10.2. The van der Waals surface area contributed by atoms with E-state index in [1.807, 2.05) is 0 Å². The van der Waals surface area contributed by atoms with E-state index in [0.29, 0.717) is 12.8 Å². The van der Waals surface area contributed by atoms with E-state index < -0.39 is 37.5 Å². The Bertz CT molecular complexity index is 602. The molecule has 2 rings (SSSR count). The fourth-order valence-electron chi connectivity index (χ4n) is 1.86. The van der Waals surface area contributed by atoms with E-state index >= 15 is 0 Å². The van der Waals surface area contributed by atoms with Gasteiger partial charge in [0.1, 0.15) is 6.23 Å². The number of anilines is 1. The first-order chi connectivity index (χ1) is 9.26. The van der Waals surface area contributed by atoms with Gasteiger partial charge in [-0.15, -0.1) is 0 Å². The molecule has 4 N–H and O–H groups in total. The maximum Gasteiger partial charge on any atom is 0.469 e. The molecule has 2 atom stereocenters. The second kappa shape index (κ2) is 5.58. The van der Waals surface area contributed by atoms with Crippen LogP contribution in [0.2, 0.25) is 0 Å². The van der Waals surface area contributed by atoms with Gasteiger partial charge in [0.25, 0.3) is 0 Å². The van der Waals surface area contributed by atoms with Crippen LogP contribution in [0.3, 0.4) is 0 Å². The number of aromatic nitrogens is 2. The van der Waals surface area contributed by atoms with Crippen LogP contribution in [0.4, 0.5) is 10.2 Å². The number of ether oxygens (including phenoxy) is 1. The highest BCUT2D eigenvalue weighted by molar-refractivity contribution is 7.46. The molecule has 2 unspecified atom stereocenters. The molecular weight excluding hydrogens is 296 g/mol. The number of nitrogen functional groups attached to an aromatic ring is 1. The number of hydrogen-bond donors (Lipinski definition) is 3. The zero-order valence-electron chi connectivity index (χ0n) is 10.2. The molecule has 0 amide bonds. The van der Waals surface area contributed by atoms with Crippen molar-refractivity contribution in [1.82, 2.24) is 9.55 Å². The summed E-state index contributed by atoms with van der Waals surface area (Å²) in [6, 6.07) is 0. The number of hydrogen-bond acceptors (Lipinski definition) is 6. The zero-order chi connectivity index (χ0) is 14.9. The van der Waals surface area contributed by atoms with Gasteiger partial charge in [0, 0.05) is 0 Å². The van der Waals surface area contributed by atoms with E-state index in [2.05, 4.69) is 9.51 Å². The number of nitrogens with zero attached hydrogens (tertiary/aromatic N) is 2. The quantitative estimate of drug-likeness (QED) is 0.648. The normalized spacial score (nSPS) is 23.1. The first-order valence-electron chi connectivity index (χ1n) is 5.66. The fraction of sp³-hybridized carbons (Fsp3) is 0.556. The highest BCUT2D eigenvalue weighted by Gasteiger charge is 2.30. The second-order valence-electron chi connectivity index (χ2n) is 4.24. The smallest absolute Gasteiger partial charge is 0.381 e. The number of rotatable bonds is 4. The number of phosphoric acid groups is 1. The largest absolute Gasteiger partial charge is 0.469 e. The number of phosphoric ester groups is 1. The Morgan fingerprint density at radius 1 is 1.60 bits per heavy atom. The molecule has 0 aliphatic carbocycles. The SMILES string of the molecule is Nc1nc(=O)n(C2CCC(COP(=O)(O)O)O2)cc1F. The van der Waals surface area contributed by atoms with Crippen molar-refractivity contribution in [3.05, 3.63) is 22.5 Å². The molecule has 1 aromatic rings. The third kappa shape index (κ3) is 3.62.